The number of benzene rings is 1. The minimum absolute atomic E-state index is 0.264. The topological polar surface area (TPSA) is 59.0 Å². The zero-order valence-electron chi connectivity index (χ0n) is 10.5. The summed E-state index contributed by atoms with van der Waals surface area (Å²) in [5.74, 6) is 0.654. The number of nitrogens with one attached hydrogen (secondary N) is 2. The molecule has 2 rings (SSSR count). The van der Waals surface area contributed by atoms with Gasteiger partial charge in [0.05, 0.1) is 6.20 Å². The molecule has 5 nitrogen and oxygen atoms in total. The van der Waals surface area contributed by atoms with Crippen LogP contribution in [0.1, 0.15) is 12.5 Å². The smallest absolute Gasteiger partial charge is 0.307 e. The van der Waals surface area contributed by atoms with E-state index in [0.717, 1.165) is 17.7 Å². The first-order valence-electron chi connectivity index (χ1n) is 5.84. The van der Waals surface area contributed by atoms with Crippen molar-refractivity contribution in [2.45, 2.75) is 13.3 Å². The van der Waals surface area contributed by atoms with E-state index >= 15 is 0 Å². The highest BCUT2D eigenvalue weighted by atomic mass is 16.2. The predicted molar refractivity (Wildman–Crippen MR) is 71.7 cm³/mol. The molecule has 0 atom stereocenters. The number of urea groups is 1. The molecule has 0 aliphatic heterocycles. The first kappa shape index (κ1) is 12.2. The fraction of sp³-hybridized carbons (Fsp3) is 0.231. The number of aromatic nitrogens is 2. The Bertz CT molecular complexity index is 547. The van der Waals surface area contributed by atoms with Gasteiger partial charge in [0.15, 0.2) is 0 Å². The minimum Gasteiger partial charge on any atom is -0.307 e. The third-order valence-corrected chi connectivity index (χ3v) is 2.71. The monoisotopic (exact) mass is 244 g/mol. The Hall–Kier alpha value is -2.30. The highest BCUT2D eigenvalue weighted by Gasteiger charge is 2.07. The number of aryl methyl sites for hydroxylation is 2. The molecule has 0 aliphatic rings. The maximum Gasteiger partial charge on any atom is 0.324 e. The van der Waals surface area contributed by atoms with Crippen LogP contribution in [0, 0.1) is 0 Å². The summed E-state index contributed by atoms with van der Waals surface area (Å²) in [5, 5.41) is 9.56. The van der Waals surface area contributed by atoms with Gasteiger partial charge in [-0.25, -0.2) is 4.79 Å². The summed E-state index contributed by atoms with van der Waals surface area (Å²) in [5.41, 5.74) is 1.94. The van der Waals surface area contributed by atoms with Crippen molar-refractivity contribution >= 4 is 17.5 Å². The molecule has 0 saturated carbocycles. The third kappa shape index (κ3) is 2.68. The number of anilines is 2. The molecule has 2 amide bonds. The zero-order chi connectivity index (χ0) is 13.0. The molecule has 2 N–H and O–H groups in total. The first-order chi connectivity index (χ1) is 8.70. The lowest BCUT2D eigenvalue weighted by Gasteiger charge is -2.10. The Balaban J connectivity index is 2.05. The molecule has 5 heteroatoms. The maximum atomic E-state index is 11.8. The summed E-state index contributed by atoms with van der Waals surface area (Å²) in [6, 6.07) is 9.23. The van der Waals surface area contributed by atoms with Crippen LogP contribution in [0.2, 0.25) is 0 Å². The van der Waals surface area contributed by atoms with E-state index < -0.39 is 0 Å². The molecule has 1 aromatic heterocycles. The van der Waals surface area contributed by atoms with E-state index in [2.05, 4.69) is 22.7 Å². The Morgan fingerprint density at radius 2 is 2.06 bits per heavy atom. The van der Waals surface area contributed by atoms with Gasteiger partial charge in [-0.15, -0.1) is 0 Å². The van der Waals surface area contributed by atoms with Gasteiger partial charge in [-0.1, -0.05) is 25.1 Å². The van der Waals surface area contributed by atoms with E-state index in [1.54, 1.807) is 24.0 Å². The molecule has 0 radical (unpaired) electrons. The van der Waals surface area contributed by atoms with Crippen LogP contribution in [0.15, 0.2) is 36.5 Å². The number of carbonyl (C=O) groups is 1. The van der Waals surface area contributed by atoms with Crippen molar-refractivity contribution < 1.29 is 4.79 Å². The Kier molecular flexibility index (Phi) is 3.62. The van der Waals surface area contributed by atoms with Crippen LogP contribution in [-0.4, -0.2) is 15.8 Å². The lowest BCUT2D eigenvalue weighted by molar-refractivity contribution is 0.262. The minimum atomic E-state index is -0.264. The second-order valence-electron chi connectivity index (χ2n) is 3.93. The normalized spacial score (nSPS) is 10.1. The first-order valence-corrected chi connectivity index (χ1v) is 5.84. The molecule has 0 unspecified atom stereocenters. The molecular weight excluding hydrogens is 228 g/mol. The molecule has 0 spiro atoms. The Morgan fingerprint density at radius 3 is 2.72 bits per heavy atom. The Morgan fingerprint density at radius 1 is 1.28 bits per heavy atom. The molecule has 94 valence electrons. The van der Waals surface area contributed by atoms with Crippen molar-refractivity contribution in [2.24, 2.45) is 7.05 Å². The summed E-state index contributed by atoms with van der Waals surface area (Å²) in [7, 11) is 1.77. The highest BCUT2D eigenvalue weighted by Crippen LogP contribution is 2.15. The summed E-state index contributed by atoms with van der Waals surface area (Å²) in [6.07, 6.45) is 2.51. The SMILES string of the molecule is CCc1ccccc1NC(=O)Nc1ccnn1C. The summed E-state index contributed by atoms with van der Waals surface area (Å²) in [4.78, 5) is 11.8. The van der Waals surface area contributed by atoms with Crippen LogP contribution in [0.3, 0.4) is 0 Å². The highest BCUT2D eigenvalue weighted by molar-refractivity contribution is 5.99. The molecular formula is C13H16N4O. The lowest BCUT2D eigenvalue weighted by Crippen LogP contribution is -2.21. The van der Waals surface area contributed by atoms with Crippen LogP contribution in [-0.2, 0) is 13.5 Å². The van der Waals surface area contributed by atoms with E-state index in [1.165, 1.54) is 0 Å². The van der Waals surface area contributed by atoms with E-state index in [4.69, 9.17) is 0 Å². The van der Waals surface area contributed by atoms with Gasteiger partial charge >= 0.3 is 6.03 Å². The van der Waals surface area contributed by atoms with E-state index in [1.807, 2.05) is 24.3 Å². The quantitative estimate of drug-likeness (QED) is 0.872. The van der Waals surface area contributed by atoms with Crippen LogP contribution in [0.25, 0.3) is 0 Å². The number of amides is 2. The van der Waals surface area contributed by atoms with Gasteiger partial charge < -0.3 is 5.32 Å². The third-order valence-electron chi connectivity index (χ3n) is 2.71. The predicted octanol–water partition coefficient (Wildman–Crippen LogP) is 2.63. The molecule has 2 aromatic rings. The average Bonchev–Trinajstić information content (AvgIpc) is 2.75. The van der Waals surface area contributed by atoms with Crippen LogP contribution in [0.4, 0.5) is 16.3 Å². The second-order valence-corrected chi connectivity index (χ2v) is 3.93. The van der Waals surface area contributed by atoms with Gasteiger partial charge in [0.2, 0.25) is 0 Å². The molecule has 0 fully saturated rings. The van der Waals surface area contributed by atoms with Crippen molar-refractivity contribution in [3.63, 3.8) is 0 Å². The number of hydrogen-bond donors (Lipinski definition) is 2. The van der Waals surface area contributed by atoms with E-state index in [-0.39, 0.29) is 6.03 Å². The van der Waals surface area contributed by atoms with Gasteiger partial charge in [0, 0.05) is 18.8 Å². The van der Waals surface area contributed by atoms with E-state index in [0.29, 0.717) is 5.82 Å². The lowest BCUT2D eigenvalue weighted by atomic mass is 10.1. The van der Waals surface area contributed by atoms with Gasteiger partial charge in [-0.2, -0.15) is 5.10 Å². The van der Waals surface area contributed by atoms with Gasteiger partial charge in [-0.05, 0) is 18.1 Å². The van der Waals surface area contributed by atoms with Crippen LogP contribution >= 0.6 is 0 Å². The van der Waals surface area contributed by atoms with Gasteiger partial charge in [0.25, 0.3) is 0 Å². The maximum absolute atomic E-state index is 11.8. The average molecular weight is 244 g/mol. The van der Waals surface area contributed by atoms with Crippen molar-refractivity contribution in [2.75, 3.05) is 10.6 Å². The summed E-state index contributed by atoms with van der Waals surface area (Å²) in [6.45, 7) is 2.06. The number of para-hydroxylation sites is 1. The summed E-state index contributed by atoms with van der Waals surface area (Å²) >= 11 is 0. The van der Waals surface area contributed by atoms with Gasteiger partial charge in [0.1, 0.15) is 5.82 Å². The largest absolute Gasteiger partial charge is 0.324 e. The second kappa shape index (κ2) is 5.35. The van der Waals surface area contributed by atoms with Crippen LogP contribution in [0.5, 0.6) is 0 Å². The fourth-order valence-electron chi connectivity index (χ4n) is 1.72. The number of rotatable bonds is 3. The van der Waals surface area contributed by atoms with Crippen molar-refractivity contribution in [3.8, 4) is 0 Å². The van der Waals surface area contributed by atoms with Gasteiger partial charge in [-0.3, -0.25) is 10.00 Å². The van der Waals surface area contributed by atoms with Crippen LogP contribution < -0.4 is 10.6 Å². The number of carbonyl (C=O) groups excluding carboxylic acids is 1. The molecule has 0 bridgehead atoms. The fourth-order valence-corrected chi connectivity index (χ4v) is 1.72. The number of hydrogen-bond acceptors (Lipinski definition) is 2. The van der Waals surface area contributed by atoms with E-state index in [9.17, 15) is 4.79 Å². The zero-order valence-corrected chi connectivity index (χ0v) is 10.5. The van der Waals surface area contributed by atoms with Crippen molar-refractivity contribution in [3.05, 3.63) is 42.1 Å². The van der Waals surface area contributed by atoms with Crippen molar-refractivity contribution in [1.29, 1.82) is 0 Å². The standard InChI is InChI=1S/C13H16N4O/c1-3-10-6-4-5-7-11(10)15-13(18)16-12-8-9-14-17(12)2/h4-9H,3H2,1-2H3,(H2,15,16,18). The molecule has 18 heavy (non-hydrogen) atoms. The molecule has 0 aliphatic carbocycles. The summed E-state index contributed by atoms with van der Waals surface area (Å²) < 4.78 is 1.60. The molecule has 1 aromatic carbocycles. The Labute approximate surface area is 106 Å². The molecule has 1 heterocycles. The number of nitrogens with zero attached hydrogens (tertiary/aromatic N) is 2. The van der Waals surface area contributed by atoms with Crippen molar-refractivity contribution in [1.82, 2.24) is 9.78 Å². The molecule has 0 saturated heterocycles.